The number of aromatic carboxylic acids is 1. The van der Waals surface area contributed by atoms with E-state index in [2.05, 4.69) is 11.9 Å². The fourth-order valence-corrected chi connectivity index (χ4v) is 2.65. The van der Waals surface area contributed by atoms with Crippen LogP contribution in [0.25, 0.3) is 0 Å². The van der Waals surface area contributed by atoms with Gasteiger partial charge in [0.1, 0.15) is 5.75 Å². The van der Waals surface area contributed by atoms with Gasteiger partial charge in [-0.1, -0.05) is 48.4 Å². The summed E-state index contributed by atoms with van der Waals surface area (Å²) < 4.78 is 5.51. The fourth-order valence-electron chi connectivity index (χ4n) is 1.66. The summed E-state index contributed by atoms with van der Waals surface area (Å²) in [5.41, 5.74) is 1.25. The molecule has 20 heavy (non-hydrogen) atoms. The maximum atomic E-state index is 10.9. The van der Waals surface area contributed by atoms with Crippen LogP contribution in [0.2, 0.25) is 5.15 Å². The third-order valence-electron chi connectivity index (χ3n) is 2.71. The van der Waals surface area contributed by atoms with Crippen LogP contribution in [-0.2, 0) is 6.42 Å². The lowest BCUT2D eigenvalue weighted by Gasteiger charge is -2.03. The first kappa shape index (κ1) is 14.8. The van der Waals surface area contributed by atoms with Crippen LogP contribution in [-0.4, -0.2) is 16.1 Å². The summed E-state index contributed by atoms with van der Waals surface area (Å²) in [4.78, 5) is 14.7. The largest absolute Gasteiger partial charge is 0.477 e. The summed E-state index contributed by atoms with van der Waals surface area (Å²) in [6.45, 7) is 2.16. The van der Waals surface area contributed by atoms with E-state index in [0.717, 1.165) is 30.6 Å². The van der Waals surface area contributed by atoms with Gasteiger partial charge in [-0.05, 0) is 30.5 Å². The van der Waals surface area contributed by atoms with Crippen molar-refractivity contribution in [1.29, 1.82) is 0 Å². The highest BCUT2D eigenvalue weighted by Crippen LogP contribution is 2.32. The molecule has 0 saturated carbocycles. The van der Waals surface area contributed by atoms with Crippen molar-refractivity contribution in [3.63, 3.8) is 0 Å². The van der Waals surface area contributed by atoms with Crippen LogP contribution in [0.5, 0.6) is 10.9 Å². The number of halogens is 1. The minimum absolute atomic E-state index is 0.0127. The molecule has 6 heteroatoms. The van der Waals surface area contributed by atoms with Gasteiger partial charge in [-0.2, -0.15) is 4.98 Å². The monoisotopic (exact) mass is 311 g/mol. The average Bonchev–Trinajstić information content (AvgIpc) is 2.79. The third-order valence-corrected chi connectivity index (χ3v) is 4.01. The van der Waals surface area contributed by atoms with Gasteiger partial charge in [-0.15, -0.1) is 0 Å². The minimum Gasteiger partial charge on any atom is -0.477 e. The van der Waals surface area contributed by atoms with Gasteiger partial charge in [0.15, 0.2) is 10.0 Å². The van der Waals surface area contributed by atoms with Gasteiger partial charge in [-0.3, -0.25) is 0 Å². The number of benzene rings is 1. The lowest BCUT2D eigenvalue weighted by molar-refractivity contribution is 0.0702. The molecule has 0 aliphatic rings. The number of unbranched alkanes of at least 4 members (excludes halogenated alkanes) is 1. The molecule has 1 N–H and O–H groups in total. The number of carboxylic acids is 1. The zero-order valence-corrected chi connectivity index (χ0v) is 12.5. The van der Waals surface area contributed by atoms with E-state index < -0.39 is 5.97 Å². The fraction of sp³-hybridized carbons (Fsp3) is 0.286. The molecule has 0 aliphatic carbocycles. The number of carboxylic acid groups (broad SMARTS) is 1. The molecular weight excluding hydrogens is 298 g/mol. The Kier molecular flexibility index (Phi) is 4.98. The smallest absolute Gasteiger partial charge is 0.349 e. The Morgan fingerprint density at radius 3 is 2.65 bits per heavy atom. The molecule has 0 atom stereocenters. The first-order chi connectivity index (χ1) is 9.60. The molecule has 0 spiro atoms. The third kappa shape index (κ3) is 3.71. The zero-order valence-electron chi connectivity index (χ0n) is 10.9. The van der Waals surface area contributed by atoms with Crippen LogP contribution in [0.15, 0.2) is 24.3 Å². The van der Waals surface area contributed by atoms with Crippen LogP contribution in [0, 0.1) is 0 Å². The van der Waals surface area contributed by atoms with E-state index in [4.69, 9.17) is 21.4 Å². The van der Waals surface area contributed by atoms with E-state index in [0.29, 0.717) is 5.75 Å². The van der Waals surface area contributed by atoms with Crippen molar-refractivity contribution in [2.45, 2.75) is 26.2 Å². The second kappa shape index (κ2) is 6.72. The van der Waals surface area contributed by atoms with Crippen LogP contribution in [0.1, 0.15) is 35.0 Å². The van der Waals surface area contributed by atoms with E-state index in [1.54, 1.807) is 0 Å². The molecule has 0 fully saturated rings. The molecule has 0 radical (unpaired) electrons. The van der Waals surface area contributed by atoms with Crippen molar-refractivity contribution >= 4 is 28.9 Å². The first-order valence-corrected chi connectivity index (χ1v) is 7.46. The zero-order chi connectivity index (χ0) is 14.5. The molecule has 4 nitrogen and oxygen atoms in total. The summed E-state index contributed by atoms with van der Waals surface area (Å²) in [5, 5.41) is 9.08. The Labute approximate surface area is 126 Å². The normalized spacial score (nSPS) is 10.5. The van der Waals surface area contributed by atoms with Crippen LogP contribution in [0.3, 0.4) is 0 Å². The number of nitrogens with zero attached hydrogens (tertiary/aromatic N) is 1. The molecule has 2 aromatic rings. The van der Waals surface area contributed by atoms with E-state index >= 15 is 0 Å². The Morgan fingerprint density at radius 2 is 2.10 bits per heavy atom. The molecule has 2 rings (SSSR count). The van der Waals surface area contributed by atoms with Gasteiger partial charge in [0, 0.05) is 0 Å². The molecule has 0 amide bonds. The Morgan fingerprint density at radius 1 is 1.40 bits per heavy atom. The number of aryl methyl sites for hydroxylation is 1. The van der Waals surface area contributed by atoms with Crippen molar-refractivity contribution in [2.75, 3.05) is 0 Å². The Balaban J connectivity index is 2.06. The summed E-state index contributed by atoms with van der Waals surface area (Å²) in [6, 6.07) is 7.69. The van der Waals surface area contributed by atoms with Gasteiger partial charge < -0.3 is 9.84 Å². The average molecular weight is 312 g/mol. The molecule has 1 heterocycles. The van der Waals surface area contributed by atoms with Gasteiger partial charge in [0.2, 0.25) is 0 Å². The number of thiazole rings is 1. The highest BCUT2D eigenvalue weighted by atomic mass is 35.5. The number of hydrogen-bond donors (Lipinski definition) is 1. The van der Waals surface area contributed by atoms with Gasteiger partial charge in [-0.25, -0.2) is 4.79 Å². The van der Waals surface area contributed by atoms with Crippen molar-refractivity contribution in [1.82, 2.24) is 4.98 Å². The number of ether oxygens (including phenoxy) is 1. The van der Waals surface area contributed by atoms with Crippen LogP contribution in [0.4, 0.5) is 0 Å². The number of aromatic nitrogens is 1. The number of rotatable bonds is 6. The predicted octanol–water partition coefficient (Wildman–Crippen LogP) is 4.63. The van der Waals surface area contributed by atoms with Crippen molar-refractivity contribution < 1.29 is 14.6 Å². The van der Waals surface area contributed by atoms with Crippen LogP contribution < -0.4 is 4.74 Å². The van der Waals surface area contributed by atoms with E-state index in [1.807, 2.05) is 24.3 Å². The molecule has 0 aliphatic heterocycles. The van der Waals surface area contributed by atoms with E-state index in [-0.39, 0.29) is 15.2 Å². The highest BCUT2D eigenvalue weighted by molar-refractivity contribution is 7.15. The summed E-state index contributed by atoms with van der Waals surface area (Å²) >= 11 is 6.64. The quantitative estimate of drug-likeness (QED) is 0.845. The van der Waals surface area contributed by atoms with Crippen molar-refractivity contribution in [3.8, 4) is 10.9 Å². The second-order valence-corrected chi connectivity index (χ2v) is 5.57. The Bertz CT molecular complexity index is 595. The standard InChI is InChI=1S/C14H14ClNO3S/c1-2-3-4-9-5-7-10(8-6-9)19-14-16-12(15)11(20-14)13(17)18/h5-8H,2-4H2,1H3,(H,17,18). The lowest BCUT2D eigenvalue weighted by Crippen LogP contribution is -1.91. The molecule has 0 saturated heterocycles. The topological polar surface area (TPSA) is 59.4 Å². The Hall–Kier alpha value is -1.59. The van der Waals surface area contributed by atoms with Gasteiger partial charge in [0.05, 0.1) is 0 Å². The van der Waals surface area contributed by atoms with E-state index in [9.17, 15) is 4.79 Å². The number of carbonyl (C=O) groups is 1. The molecule has 0 unspecified atom stereocenters. The molecule has 0 bridgehead atoms. The first-order valence-electron chi connectivity index (χ1n) is 6.26. The van der Waals surface area contributed by atoms with Crippen molar-refractivity contribution in [2.24, 2.45) is 0 Å². The summed E-state index contributed by atoms with van der Waals surface area (Å²) in [7, 11) is 0. The SMILES string of the molecule is CCCCc1ccc(Oc2nc(Cl)c(C(=O)O)s2)cc1. The van der Waals surface area contributed by atoms with E-state index in [1.165, 1.54) is 5.56 Å². The summed E-state index contributed by atoms with van der Waals surface area (Å²) in [5.74, 6) is -0.482. The molecule has 1 aromatic heterocycles. The van der Waals surface area contributed by atoms with Gasteiger partial charge >= 0.3 is 5.97 Å². The summed E-state index contributed by atoms with van der Waals surface area (Å²) in [6.07, 6.45) is 3.36. The maximum Gasteiger partial charge on any atom is 0.349 e. The molecular formula is C14H14ClNO3S. The minimum atomic E-state index is -1.10. The predicted molar refractivity (Wildman–Crippen MR) is 79.2 cm³/mol. The van der Waals surface area contributed by atoms with Gasteiger partial charge in [0.25, 0.3) is 5.19 Å². The lowest BCUT2D eigenvalue weighted by atomic mass is 10.1. The highest BCUT2D eigenvalue weighted by Gasteiger charge is 2.16. The second-order valence-electron chi connectivity index (χ2n) is 4.25. The van der Waals surface area contributed by atoms with Crippen molar-refractivity contribution in [3.05, 3.63) is 39.9 Å². The molecule has 106 valence electrons. The van der Waals surface area contributed by atoms with Crippen LogP contribution >= 0.6 is 22.9 Å². The maximum absolute atomic E-state index is 10.9. The molecule has 1 aromatic carbocycles. The number of hydrogen-bond acceptors (Lipinski definition) is 4.